The Morgan fingerprint density at radius 1 is 1.57 bits per heavy atom. The molecule has 0 spiro atoms. The van der Waals surface area contributed by atoms with Crippen LogP contribution in [0.4, 0.5) is 0 Å². The first-order valence-corrected chi connectivity index (χ1v) is 7.29. The van der Waals surface area contributed by atoms with Crippen LogP contribution in [0.15, 0.2) is 4.99 Å². The average Bonchev–Trinajstić information content (AvgIpc) is 2.63. The Morgan fingerprint density at radius 3 is 3.14 bits per heavy atom. The van der Waals surface area contributed by atoms with Gasteiger partial charge in [0.05, 0.1) is 6.54 Å². The van der Waals surface area contributed by atoms with Crippen LogP contribution in [0.5, 0.6) is 0 Å². The van der Waals surface area contributed by atoms with E-state index in [0.29, 0.717) is 6.04 Å². The van der Waals surface area contributed by atoms with Gasteiger partial charge >= 0.3 is 0 Å². The summed E-state index contributed by atoms with van der Waals surface area (Å²) in [6.07, 6.45) is 0. The molecule has 2 unspecified atom stereocenters. The molecule has 0 radical (unpaired) electrons. The molecule has 0 aliphatic carbocycles. The highest BCUT2D eigenvalue weighted by molar-refractivity contribution is 8.06. The smallest absolute Gasteiger partial charge is 0.191 e. The molecule has 2 N–H and O–H groups in total. The first-order chi connectivity index (χ1) is 6.84. The van der Waals surface area contributed by atoms with Gasteiger partial charge in [0.2, 0.25) is 0 Å². The molecule has 0 amide bonds. The molecule has 0 bridgehead atoms. The van der Waals surface area contributed by atoms with Crippen LogP contribution < -0.4 is 10.6 Å². The van der Waals surface area contributed by atoms with Crippen molar-refractivity contribution in [1.29, 1.82) is 0 Å². The van der Waals surface area contributed by atoms with Crippen molar-refractivity contribution in [3.8, 4) is 0 Å². The number of thioether (sulfide) groups is 2. The second-order valence-electron chi connectivity index (χ2n) is 3.68. The molecule has 0 aromatic heterocycles. The van der Waals surface area contributed by atoms with Crippen molar-refractivity contribution in [2.45, 2.75) is 18.2 Å². The molecule has 14 heavy (non-hydrogen) atoms. The highest BCUT2D eigenvalue weighted by atomic mass is 32.2. The topological polar surface area (TPSA) is 36.4 Å². The van der Waals surface area contributed by atoms with Gasteiger partial charge in [0.25, 0.3) is 0 Å². The fraction of sp³-hybridized carbons (Fsp3) is 0.889. The van der Waals surface area contributed by atoms with Crippen molar-refractivity contribution in [1.82, 2.24) is 10.6 Å². The average molecular weight is 231 g/mol. The fourth-order valence-corrected chi connectivity index (χ4v) is 4.14. The van der Waals surface area contributed by atoms with Crippen LogP contribution in [0.3, 0.4) is 0 Å². The highest BCUT2D eigenvalue weighted by Crippen LogP contribution is 2.23. The van der Waals surface area contributed by atoms with Crippen molar-refractivity contribution >= 4 is 29.5 Å². The van der Waals surface area contributed by atoms with Crippen LogP contribution >= 0.6 is 23.5 Å². The summed E-state index contributed by atoms with van der Waals surface area (Å²) in [4.78, 5) is 4.38. The lowest BCUT2D eigenvalue weighted by Gasteiger charge is -2.21. The van der Waals surface area contributed by atoms with E-state index in [-0.39, 0.29) is 0 Å². The molecule has 2 atom stereocenters. The van der Waals surface area contributed by atoms with E-state index in [2.05, 4.69) is 46.1 Å². The van der Waals surface area contributed by atoms with Crippen LogP contribution in [-0.2, 0) is 0 Å². The molecular weight excluding hydrogens is 214 g/mol. The van der Waals surface area contributed by atoms with E-state index in [4.69, 9.17) is 0 Å². The highest BCUT2D eigenvalue weighted by Gasteiger charge is 2.16. The van der Waals surface area contributed by atoms with Crippen LogP contribution in [0, 0.1) is 0 Å². The largest absolute Gasteiger partial charge is 0.355 e. The second-order valence-corrected chi connectivity index (χ2v) is 6.24. The molecule has 0 saturated carbocycles. The van der Waals surface area contributed by atoms with Crippen molar-refractivity contribution < 1.29 is 0 Å². The van der Waals surface area contributed by atoms with Gasteiger partial charge in [-0.1, -0.05) is 0 Å². The quantitative estimate of drug-likeness (QED) is 0.736. The van der Waals surface area contributed by atoms with E-state index in [0.717, 1.165) is 24.3 Å². The maximum Gasteiger partial charge on any atom is 0.191 e. The van der Waals surface area contributed by atoms with Crippen LogP contribution in [-0.4, -0.2) is 47.6 Å². The Labute approximate surface area is 93.9 Å². The van der Waals surface area contributed by atoms with Gasteiger partial charge in [-0.2, -0.15) is 23.5 Å². The summed E-state index contributed by atoms with van der Waals surface area (Å²) in [7, 11) is 0. The molecule has 2 rings (SSSR count). The lowest BCUT2D eigenvalue weighted by atomic mass is 10.4. The van der Waals surface area contributed by atoms with Crippen LogP contribution in [0.1, 0.15) is 6.92 Å². The number of guanidine groups is 1. The number of hydrogen-bond donors (Lipinski definition) is 2. The van der Waals surface area contributed by atoms with Gasteiger partial charge < -0.3 is 10.6 Å². The molecular formula is C9H17N3S2. The van der Waals surface area contributed by atoms with Crippen molar-refractivity contribution in [2.75, 3.05) is 30.3 Å². The van der Waals surface area contributed by atoms with E-state index in [1.54, 1.807) is 0 Å². The minimum Gasteiger partial charge on any atom is -0.355 e. The Kier molecular flexibility index (Phi) is 3.87. The van der Waals surface area contributed by atoms with Gasteiger partial charge in [0.1, 0.15) is 0 Å². The van der Waals surface area contributed by atoms with Gasteiger partial charge in [-0.15, -0.1) is 0 Å². The summed E-state index contributed by atoms with van der Waals surface area (Å²) in [6.45, 7) is 4.12. The monoisotopic (exact) mass is 231 g/mol. The Morgan fingerprint density at radius 2 is 2.50 bits per heavy atom. The predicted molar refractivity (Wildman–Crippen MR) is 66.5 cm³/mol. The SMILES string of the molecule is CC1CN=C(NCC2CSCCS2)N1. The Hall–Kier alpha value is -0.0300. The molecule has 2 heterocycles. The maximum atomic E-state index is 4.38. The number of nitrogens with zero attached hydrogens (tertiary/aromatic N) is 1. The lowest BCUT2D eigenvalue weighted by molar-refractivity contribution is 0.712. The minimum atomic E-state index is 0.505. The number of rotatable bonds is 2. The molecule has 2 aliphatic rings. The number of hydrogen-bond acceptors (Lipinski definition) is 5. The first kappa shape index (κ1) is 10.5. The summed E-state index contributed by atoms with van der Waals surface area (Å²) >= 11 is 4.15. The second kappa shape index (κ2) is 5.16. The molecule has 0 aromatic carbocycles. The molecule has 0 aromatic rings. The molecule has 80 valence electrons. The summed E-state index contributed by atoms with van der Waals surface area (Å²) in [6, 6.07) is 0.505. The molecule has 3 nitrogen and oxygen atoms in total. The van der Waals surface area contributed by atoms with Gasteiger partial charge in [-0.25, -0.2) is 0 Å². The number of aliphatic imine (C=N–C) groups is 1. The zero-order valence-electron chi connectivity index (χ0n) is 8.45. The summed E-state index contributed by atoms with van der Waals surface area (Å²) in [5.41, 5.74) is 0. The van der Waals surface area contributed by atoms with Crippen LogP contribution in [0.25, 0.3) is 0 Å². The maximum absolute atomic E-state index is 4.38. The summed E-state index contributed by atoms with van der Waals surface area (Å²) in [5, 5.41) is 7.46. The standard InChI is InChI=1S/C9H17N3S2/c1-7-4-10-9(12-7)11-5-8-6-13-2-3-14-8/h7-8H,2-6H2,1H3,(H2,10,11,12). The van der Waals surface area contributed by atoms with Crippen molar-refractivity contribution in [2.24, 2.45) is 4.99 Å². The van der Waals surface area contributed by atoms with Gasteiger partial charge in [-0.05, 0) is 6.92 Å². The normalized spacial score (nSPS) is 32.2. The van der Waals surface area contributed by atoms with E-state index in [1.165, 1.54) is 17.3 Å². The van der Waals surface area contributed by atoms with E-state index in [9.17, 15) is 0 Å². The molecule has 1 fully saturated rings. The van der Waals surface area contributed by atoms with Crippen molar-refractivity contribution in [3.63, 3.8) is 0 Å². The van der Waals surface area contributed by atoms with Gasteiger partial charge in [0.15, 0.2) is 5.96 Å². The van der Waals surface area contributed by atoms with Crippen LogP contribution in [0.2, 0.25) is 0 Å². The minimum absolute atomic E-state index is 0.505. The Balaban J connectivity index is 1.66. The third-order valence-electron chi connectivity index (χ3n) is 2.29. The third-order valence-corrected chi connectivity index (χ3v) is 5.13. The van der Waals surface area contributed by atoms with E-state index < -0.39 is 0 Å². The zero-order valence-corrected chi connectivity index (χ0v) is 10.1. The zero-order chi connectivity index (χ0) is 9.80. The van der Waals surface area contributed by atoms with Gasteiger partial charge in [0, 0.05) is 35.1 Å². The first-order valence-electron chi connectivity index (χ1n) is 5.09. The summed E-state index contributed by atoms with van der Waals surface area (Å²) in [5.74, 6) is 4.89. The Bertz CT molecular complexity index is 214. The summed E-state index contributed by atoms with van der Waals surface area (Å²) < 4.78 is 0. The number of nitrogens with one attached hydrogen (secondary N) is 2. The lowest BCUT2D eigenvalue weighted by Crippen LogP contribution is -2.41. The predicted octanol–water partition coefficient (Wildman–Crippen LogP) is 0.772. The van der Waals surface area contributed by atoms with Gasteiger partial charge in [-0.3, -0.25) is 4.99 Å². The fourth-order valence-electron chi connectivity index (χ4n) is 1.52. The van der Waals surface area contributed by atoms with E-state index >= 15 is 0 Å². The molecule has 1 saturated heterocycles. The third kappa shape index (κ3) is 2.98. The molecule has 5 heteroatoms. The molecule has 2 aliphatic heterocycles. The van der Waals surface area contributed by atoms with E-state index in [1.807, 2.05) is 0 Å². The van der Waals surface area contributed by atoms with Crippen molar-refractivity contribution in [3.05, 3.63) is 0 Å².